The second kappa shape index (κ2) is 6.27. The van der Waals surface area contributed by atoms with Crippen molar-refractivity contribution in [3.8, 4) is 0 Å². The van der Waals surface area contributed by atoms with Crippen molar-refractivity contribution in [1.29, 1.82) is 0 Å². The average molecular weight is 289 g/mol. The molecular weight excluding hydrogens is 270 g/mol. The maximum absolute atomic E-state index is 12.1. The molecule has 2 rings (SSSR count). The summed E-state index contributed by atoms with van der Waals surface area (Å²) in [6.45, 7) is 1.77. The third kappa shape index (κ3) is 3.51. The van der Waals surface area contributed by atoms with Crippen LogP contribution < -0.4 is 11.1 Å². The molecule has 21 heavy (non-hydrogen) atoms. The lowest BCUT2D eigenvalue weighted by atomic mass is 10.0. The number of carbonyl (C=O) groups is 1. The van der Waals surface area contributed by atoms with Crippen molar-refractivity contribution in [1.82, 2.24) is 15.1 Å². The minimum Gasteiger partial charge on any atom is -0.386 e. The minimum atomic E-state index is -0.772. The molecule has 7 heteroatoms. The van der Waals surface area contributed by atoms with Gasteiger partial charge in [0, 0.05) is 13.1 Å². The third-order valence-electron chi connectivity index (χ3n) is 3.36. The van der Waals surface area contributed by atoms with Gasteiger partial charge in [0.05, 0.1) is 12.1 Å². The number of nitrogen functional groups attached to an aromatic ring is 1. The summed E-state index contributed by atoms with van der Waals surface area (Å²) < 4.78 is 0. The fourth-order valence-corrected chi connectivity index (χ4v) is 1.92. The predicted molar refractivity (Wildman–Crippen MR) is 80.6 cm³/mol. The number of aliphatic hydroxyl groups excluding tert-OH is 1. The van der Waals surface area contributed by atoms with Crippen LogP contribution in [0.2, 0.25) is 0 Å². The highest BCUT2D eigenvalue weighted by atomic mass is 16.3. The Morgan fingerprint density at radius 2 is 2.10 bits per heavy atom. The Hall–Kier alpha value is -2.54. The van der Waals surface area contributed by atoms with Gasteiger partial charge in [0.2, 0.25) is 0 Å². The van der Waals surface area contributed by atoms with Gasteiger partial charge in [-0.2, -0.15) is 5.10 Å². The molecule has 0 saturated heterocycles. The van der Waals surface area contributed by atoms with Crippen molar-refractivity contribution in [3.63, 3.8) is 0 Å². The van der Waals surface area contributed by atoms with E-state index < -0.39 is 12.1 Å². The second-order valence-corrected chi connectivity index (χ2v) is 4.85. The van der Waals surface area contributed by atoms with Crippen LogP contribution in [0.5, 0.6) is 0 Å². The van der Waals surface area contributed by atoms with Gasteiger partial charge in [0.15, 0.2) is 5.82 Å². The second-order valence-electron chi connectivity index (χ2n) is 4.85. The smallest absolute Gasteiger partial charge is 0.323 e. The summed E-state index contributed by atoms with van der Waals surface area (Å²) in [5.41, 5.74) is 6.25. The van der Waals surface area contributed by atoms with E-state index >= 15 is 0 Å². The highest BCUT2D eigenvalue weighted by molar-refractivity contribution is 5.88. The van der Waals surface area contributed by atoms with Crippen molar-refractivity contribution < 1.29 is 9.90 Å². The molecule has 2 amide bonds. The van der Waals surface area contributed by atoms with Crippen LogP contribution in [0.15, 0.2) is 36.4 Å². The zero-order valence-corrected chi connectivity index (χ0v) is 11.9. The van der Waals surface area contributed by atoms with Crippen LogP contribution in [0.3, 0.4) is 0 Å². The summed E-state index contributed by atoms with van der Waals surface area (Å²) in [6, 6.07) is 9.95. The number of likely N-dealkylation sites (N-methyl/N-ethyl adjacent to an activating group) is 1. The van der Waals surface area contributed by atoms with E-state index in [9.17, 15) is 9.90 Å². The molecule has 0 saturated carbocycles. The van der Waals surface area contributed by atoms with Crippen molar-refractivity contribution >= 4 is 17.7 Å². The molecule has 0 aliphatic heterocycles. The zero-order chi connectivity index (χ0) is 15.4. The minimum absolute atomic E-state index is 0.339. The van der Waals surface area contributed by atoms with E-state index in [0.29, 0.717) is 11.6 Å². The number of aromatic amines is 1. The van der Waals surface area contributed by atoms with Gasteiger partial charge in [-0.3, -0.25) is 10.4 Å². The number of benzene rings is 1. The van der Waals surface area contributed by atoms with Gasteiger partial charge in [-0.1, -0.05) is 30.3 Å². The summed E-state index contributed by atoms with van der Waals surface area (Å²) in [7, 11) is 1.61. The highest BCUT2D eigenvalue weighted by Crippen LogP contribution is 2.20. The number of urea groups is 1. The molecule has 1 aromatic carbocycles. The molecule has 0 unspecified atom stereocenters. The molecule has 2 aromatic rings. The molecule has 5 N–H and O–H groups in total. The van der Waals surface area contributed by atoms with E-state index in [2.05, 4.69) is 15.5 Å². The molecule has 0 fully saturated rings. The third-order valence-corrected chi connectivity index (χ3v) is 3.36. The van der Waals surface area contributed by atoms with E-state index in [1.54, 1.807) is 14.0 Å². The largest absolute Gasteiger partial charge is 0.386 e. The number of nitrogens with zero attached hydrogens (tertiary/aromatic N) is 2. The quantitative estimate of drug-likeness (QED) is 0.685. The van der Waals surface area contributed by atoms with Gasteiger partial charge in [-0.15, -0.1) is 0 Å². The summed E-state index contributed by atoms with van der Waals surface area (Å²) in [4.78, 5) is 13.5. The molecule has 7 nitrogen and oxygen atoms in total. The number of aliphatic hydroxyl groups is 1. The topological polar surface area (TPSA) is 107 Å². The lowest BCUT2D eigenvalue weighted by Crippen LogP contribution is -2.41. The summed E-state index contributed by atoms with van der Waals surface area (Å²) >= 11 is 0. The molecule has 2 atom stereocenters. The molecular formula is C14H19N5O2. The Labute approximate surface area is 122 Å². The Kier molecular flexibility index (Phi) is 4.44. The van der Waals surface area contributed by atoms with Crippen molar-refractivity contribution in [2.24, 2.45) is 0 Å². The number of nitrogens with one attached hydrogen (secondary N) is 2. The van der Waals surface area contributed by atoms with Crippen LogP contribution in [-0.2, 0) is 0 Å². The van der Waals surface area contributed by atoms with E-state index in [4.69, 9.17) is 5.73 Å². The number of nitrogens with two attached hydrogens (primary N) is 1. The van der Waals surface area contributed by atoms with Crippen molar-refractivity contribution in [2.45, 2.75) is 19.1 Å². The van der Waals surface area contributed by atoms with Gasteiger partial charge in [-0.25, -0.2) is 4.79 Å². The number of hydrogen-bond acceptors (Lipinski definition) is 4. The fourth-order valence-electron chi connectivity index (χ4n) is 1.92. The Balaban J connectivity index is 2.01. The molecule has 0 aliphatic carbocycles. The molecule has 0 bridgehead atoms. The van der Waals surface area contributed by atoms with E-state index in [0.717, 1.165) is 5.56 Å². The Morgan fingerprint density at radius 3 is 2.67 bits per heavy atom. The Morgan fingerprint density at radius 1 is 1.43 bits per heavy atom. The first kappa shape index (κ1) is 14.9. The van der Waals surface area contributed by atoms with Crippen LogP contribution in [-0.4, -0.2) is 39.3 Å². The number of hydrogen-bond donors (Lipinski definition) is 4. The van der Waals surface area contributed by atoms with Crippen LogP contribution in [0.1, 0.15) is 18.6 Å². The first-order valence-corrected chi connectivity index (χ1v) is 6.56. The maximum atomic E-state index is 12.1. The number of anilines is 2. The predicted octanol–water partition coefficient (Wildman–Crippen LogP) is 1.58. The number of amides is 2. The Bertz CT molecular complexity index is 598. The monoisotopic (exact) mass is 289 g/mol. The standard InChI is InChI=1S/C14H19N5O2/c1-9(13(20)10-6-4-3-5-7-10)19(2)14(21)16-12-8-11(15)17-18-12/h3-9,13,20H,1-2H3,(H4,15,16,17,18,21)/t9-,13-/m1/s1. The van der Waals surface area contributed by atoms with E-state index in [1.807, 2.05) is 30.3 Å². The van der Waals surface area contributed by atoms with E-state index in [1.165, 1.54) is 11.0 Å². The van der Waals surface area contributed by atoms with Gasteiger partial charge in [-0.05, 0) is 12.5 Å². The molecule has 0 radical (unpaired) electrons. The first-order chi connectivity index (χ1) is 9.99. The zero-order valence-electron chi connectivity index (χ0n) is 11.9. The van der Waals surface area contributed by atoms with Crippen LogP contribution in [0, 0.1) is 0 Å². The number of rotatable bonds is 4. The van der Waals surface area contributed by atoms with Gasteiger partial charge in [0.25, 0.3) is 0 Å². The normalized spacial score (nSPS) is 13.5. The van der Waals surface area contributed by atoms with E-state index in [-0.39, 0.29) is 6.03 Å². The first-order valence-electron chi connectivity index (χ1n) is 6.56. The molecule has 1 aromatic heterocycles. The highest BCUT2D eigenvalue weighted by Gasteiger charge is 2.24. The van der Waals surface area contributed by atoms with Gasteiger partial charge in [0.1, 0.15) is 5.82 Å². The number of aromatic nitrogens is 2. The van der Waals surface area contributed by atoms with Crippen molar-refractivity contribution in [3.05, 3.63) is 42.0 Å². The molecule has 0 spiro atoms. The fraction of sp³-hybridized carbons (Fsp3) is 0.286. The molecule has 112 valence electrons. The van der Waals surface area contributed by atoms with Gasteiger partial charge < -0.3 is 15.7 Å². The average Bonchev–Trinajstić information content (AvgIpc) is 2.90. The maximum Gasteiger partial charge on any atom is 0.323 e. The van der Waals surface area contributed by atoms with Crippen molar-refractivity contribution in [2.75, 3.05) is 18.1 Å². The summed E-state index contributed by atoms with van der Waals surface area (Å²) in [6.07, 6.45) is -0.772. The summed E-state index contributed by atoms with van der Waals surface area (Å²) in [5, 5.41) is 19.3. The van der Waals surface area contributed by atoms with Crippen LogP contribution >= 0.6 is 0 Å². The van der Waals surface area contributed by atoms with Gasteiger partial charge >= 0.3 is 6.03 Å². The molecule has 1 heterocycles. The lowest BCUT2D eigenvalue weighted by Gasteiger charge is -2.29. The molecule has 0 aliphatic rings. The number of carbonyl (C=O) groups excluding carboxylic acids is 1. The lowest BCUT2D eigenvalue weighted by molar-refractivity contribution is 0.0894. The number of H-pyrrole nitrogens is 1. The van der Waals surface area contributed by atoms with Crippen LogP contribution in [0.4, 0.5) is 16.4 Å². The SMILES string of the molecule is C[C@H]([C@@H](O)c1ccccc1)N(C)C(=O)Nc1cc(N)[nH]n1. The van der Waals surface area contributed by atoms with Crippen LogP contribution in [0.25, 0.3) is 0 Å². The summed E-state index contributed by atoms with van der Waals surface area (Å²) in [5.74, 6) is 0.705.